The van der Waals surface area contributed by atoms with Crippen molar-refractivity contribution in [2.45, 2.75) is 45.5 Å². The van der Waals surface area contributed by atoms with E-state index in [1.807, 2.05) is 18.2 Å². The third kappa shape index (κ3) is 8.68. The van der Waals surface area contributed by atoms with Crippen LogP contribution in [0.4, 0.5) is 0 Å². The summed E-state index contributed by atoms with van der Waals surface area (Å²) in [6, 6.07) is 11.1. The second-order valence-corrected chi connectivity index (χ2v) is 6.95. The molecule has 1 aromatic carbocycles. The Bertz CT molecular complexity index is 509. The van der Waals surface area contributed by atoms with Crippen LogP contribution >= 0.6 is 11.8 Å². The summed E-state index contributed by atoms with van der Waals surface area (Å²) in [6.45, 7) is 9.87. The summed E-state index contributed by atoms with van der Waals surface area (Å²) in [6.07, 6.45) is 0. The lowest BCUT2D eigenvalue weighted by molar-refractivity contribution is -0.118. The largest absolute Gasteiger partial charge is 0.344 e. The van der Waals surface area contributed by atoms with Crippen molar-refractivity contribution < 1.29 is 4.79 Å². The lowest BCUT2D eigenvalue weighted by Crippen LogP contribution is -2.37. The third-order valence-corrected chi connectivity index (χ3v) is 4.44. The number of nitrogens with one attached hydrogen (secondary N) is 1. The quantitative estimate of drug-likeness (QED) is 0.742. The van der Waals surface area contributed by atoms with Gasteiger partial charge in [0.2, 0.25) is 5.91 Å². The molecule has 0 aromatic heterocycles. The fraction of sp³-hybridized carbons (Fsp3) is 0.526. The predicted molar refractivity (Wildman–Crippen MR) is 100 cm³/mol. The molecule has 4 heteroatoms. The van der Waals surface area contributed by atoms with Crippen LogP contribution in [0.15, 0.2) is 30.3 Å². The highest BCUT2D eigenvalue weighted by Crippen LogP contribution is 2.10. The van der Waals surface area contributed by atoms with Crippen molar-refractivity contribution in [1.82, 2.24) is 10.2 Å². The first-order valence-corrected chi connectivity index (χ1v) is 9.26. The fourth-order valence-electron chi connectivity index (χ4n) is 2.20. The molecule has 1 aromatic rings. The van der Waals surface area contributed by atoms with E-state index < -0.39 is 0 Å². The summed E-state index contributed by atoms with van der Waals surface area (Å²) in [4.78, 5) is 14.1. The Hall–Kier alpha value is -1.44. The number of nitrogens with zero attached hydrogens (tertiary/aromatic N) is 1. The van der Waals surface area contributed by atoms with Crippen LogP contribution in [-0.2, 0) is 10.5 Å². The van der Waals surface area contributed by atoms with Crippen molar-refractivity contribution in [1.29, 1.82) is 0 Å². The van der Waals surface area contributed by atoms with Gasteiger partial charge in [-0.2, -0.15) is 0 Å². The standard InChI is InChI=1S/C19H28N2OS/c1-16(2)21(17(3)4)13-9-8-12-20-19(22)15-23-14-18-10-6-5-7-11-18/h5-7,10-11,16-17H,12-15H2,1-4H3,(H,20,22). The van der Waals surface area contributed by atoms with E-state index in [2.05, 4.69) is 61.9 Å². The summed E-state index contributed by atoms with van der Waals surface area (Å²) in [5, 5.41) is 2.85. The Morgan fingerprint density at radius 2 is 1.78 bits per heavy atom. The molecule has 0 saturated heterocycles. The minimum absolute atomic E-state index is 0.0461. The third-order valence-electron chi connectivity index (χ3n) is 3.43. The highest BCUT2D eigenvalue weighted by atomic mass is 32.2. The van der Waals surface area contributed by atoms with Gasteiger partial charge in [-0.1, -0.05) is 42.2 Å². The van der Waals surface area contributed by atoms with Crippen LogP contribution in [0.3, 0.4) is 0 Å². The molecule has 3 nitrogen and oxygen atoms in total. The molecular weight excluding hydrogens is 304 g/mol. The number of amides is 1. The molecule has 23 heavy (non-hydrogen) atoms. The summed E-state index contributed by atoms with van der Waals surface area (Å²) >= 11 is 1.62. The minimum Gasteiger partial charge on any atom is -0.344 e. The average molecular weight is 333 g/mol. The highest BCUT2D eigenvalue weighted by Gasteiger charge is 2.10. The first kappa shape index (κ1) is 19.6. The molecule has 0 fully saturated rings. The molecule has 1 N–H and O–H groups in total. The van der Waals surface area contributed by atoms with E-state index in [-0.39, 0.29) is 5.91 Å². The number of rotatable bonds is 8. The van der Waals surface area contributed by atoms with Crippen molar-refractivity contribution in [3.8, 4) is 11.8 Å². The van der Waals surface area contributed by atoms with Gasteiger partial charge in [-0.05, 0) is 33.3 Å². The summed E-state index contributed by atoms with van der Waals surface area (Å²) in [5.74, 6) is 7.55. The molecule has 126 valence electrons. The second kappa shape index (κ2) is 11.2. The summed E-state index contributed by atoms with van der Waals surface area (Å²) in [5.41, 5.74) is 1.24. The van der Waals surface area contributed by atoms with Gasteiger partial charge in [0, 0.05) is 17.8 Å². The number of thioether (sulfide) groups is 1. The molecule has 0 atom stereocenters. The van der Waals surface area contributed by atoms with Crippen LogP contribution in [0.5, 0.6) is 0 Å². The fourth-order valence-corrected chi connectivity index (χ4v) is 3.02. The Balaban J connectivity index is 2.18. The van der Waals surface area contributed by atoms with Gasteiger partial charge in [0.05, 0.1) is 18.8 Å². The van der Waals surface area contributed by atoms with Crippen LogP contribution in [0, 0.1) is 11.8 Å². The van der Waals surface area contributed by atoms with Gasteiger partial charge in [0.25, 0.3) is 0 Å². The molecule has 0 heterocycles. The lowest BCUT2D eigenvalue weighted by atomic mass is 10.2. The van der Waals surface area contributed by atoms with E-state index in [4.69, 9.17) is 0 Å². The molecule has 1 rings (SSSR count). The smallest absolute Gasteiger partial charge is 0.230 e. The molecular formula is C19H28N2OS. The van der Waals surface area contributed by atoms with Crippen molar-refractivity contribution in [2.75, 3.05) is 18.8 Å². The number of hydrogen-bond donors (Lipinski definition) is 1. The van der Waals surface area contributed by atoms with E-state index in [1.165, 1.54) is 5.56 Å². The van der Waals surface area contributed by atoms with Gasteiger partial charge in [-0.15, -0.1) is 11.8 Å². The molecule has 0 radical (unpaired) electrons. The molecule has 0 aliphatic carbocycles. The monoisotopic (exact) mass is 332 g/mol. The van der Waals surface area contributed by atoms with Gasteiger partial charge >= 0.3 is 0 Å². The van der Waals surface area contributed by atoms with Gasteiger partial charge < -0.3 is 5.32 Å². The average Bonchev–Trinajstić information content (AvgIpc) is 2.51. The number of benzene rings is 1. The molecule has 1 amide bonds. The molecule has 0 spiro atoms. The first-order valence-electron chi connectivity index (χ1n) is 8.10. The first-order chi connectivity index (χ1) is 11.0. The van der Waals surface area contributed by atoms with E-state index in [9.17, 15) is 4.79 Å². The van der Waals surface area contributed by atoms with Crippen LogP contribution < -0.4 is 5.32 Å². The van der Waals surface area contributed by atoms with Gasteiger partial charge in [0.15, 0.2) is 0 Å². The van der Waals surface area contributed by atoms with Crippen LogP contribution in [0.25, 0.3) is 0 Å². The Morgan fingerprint density at radius 3 is 2.39 bits per heavy atom. The molecule has 0 unspecified atom stereocenters. The maximum absolute atomic E-state index is 11.7. The summed E-state index contributed by atoms with van der Waals surface area (Å²) in [7, 11) is 0. The molecule has 0 aliphatic rings. The summed E-state index contributed by atoms with van der Waals surface area (Å²) < 4.78 is 0. The topological polar surface area (TPSA) is 32.3 Å². The number of hydrogen-bond acceptors (Lipinski definition) is 3. The zero-order valence-corrected chi connectivity index (χ0v) is 15.5. The van der Waals surface area contributed by atoms with Crippen LogP contribution in [0.1, 0.15) is 33.3 Å². The van der Waals surface area contributed by atoms with Crippen molar-refractivity contribution >= 4 is 17.7 Å². The van der Waals surface area contributed by atoms with Gasteiger partial charge in [0.1, 0.15) is 0 Å². The number of carbonyl (C=O) groups excluding carboxylic acids is 1. The number of carbonyl (C=O) groups is 1. The van der Waals surface area contributed by atoms with E-state index in [0.29, 0.717) is 24.4 Å². The molecule has 0 aliphatic heterocycles. The highest BCUT2D eigenvalue weighted by molar-refractivity contribution is 7.99. The van der Waals surface area contributed by atoms with Gasteiger partial charge in [-0.25, -0.2) is 0 Å². The van der Waals surface area contributed by atoms with Crippen molar-refractivity contribution in [2.24, 2.45) is 0 Å². The Morgan fingerprint density at radius 1 is 1.13 bits per heavy atom. The Labute approximate surface area is 145 Å². The normalized spacial score (nSPS) is 10.7. The van der Waals surface area contributed by atoms with Crippen LogP contribution in [-0.4, -0.2) is 41.7 Å². The van der Waals surface area contributed by atoms with Gasteiger partial charge in [-0.3, -0.25) is 9.69 Å². The van der Waals surface area contributed by atoms with Crippen molar-refractivity contribution in [3.63, 3.8) is 0 Å². The minimum atomic E-state index is 0.0461. The van der Waals surface area contributed by atoms with E-state index in [0.717, 1.165) is 12.3 Å². The lowest BCUT2D eigenvalue weighted by Gasteiger charge is -2.28. The Kier molecular flexibility index (Phi) is 9.51. The van der Waals surface area contributed by atoms with E-state index in [1.54, 1.807) is 11.8 Å². The SMILES string of the molecule is CC(C)N(CC#CCNC(=O)CSCc1ccccc1)C(C)C. The zero-order chi connectivity index (χ0) is 17.1. The molecule has 0 bridgehead atoms. The molecule has 0 saturated carbocycles. The second-order valence-electron chi connectivity index (χ2n) is 5.97. The zero-order valence-electron chi connectivity index (χ0n) is 14.6. The maximum atomic E-state index is 11.7. The predicted octanol–water partition coefficient (Wildman–Crippen LogP) is 3.16. The van der Waals surface area contributed by atoms with E-state index >= 15 is 0 Å². The van der Waals surface area contributed by atoms with Crippen LogP contribution in [0.2, 0.25) is 0 Å². The van der Waals surface area contributed by atoms with Crippen molar-refractivity contribution in [3.05, 3.63) is 35.9 Å². The maximum Gasteiger partial charge on any atom is 0.230 e.